The van der Waals surface area contributed by atoms with Gasteiger partial charge in [0.15, 0.2) is 0 Å². The van der Waals surface area contributed by atoms with E-state index in [1.165, 1.54) is 0 Å². The topological polar surface area (TPSA) is 118 Å². The predicted octanol–water partition coefficient (Wildman–Crippen LogP) is 2.28. The van der Waals surface area contributed by atoms with Crippen molar-refractivity contribution < 1.29 is 14.6 Å². The third kappa shape index (κ3) is 4.19. The number of nitrogens with zero attached hydrogens (tertiary/aromatic N) is 3. The van der Waals surface area contributed by atoms with Crippen molar-refractivity contribution >= 4 is 17.2 Å². The fourth-order valence-electron chi connectivity index (χ4n) is 3.53. The van der Waals surface area contributed by atoms with Crippen LogP contribution in [0.25, 0.3) is 0 Å². The van der Waals surface area contributed by atoms with E-state index >= 15 is 0 Å². The van der Waals surface area contributed by atoms with E-state index in [9.17, 15) is 5.11 Å². The molecule has 0 aromatic carbocycles. The van der Waals surface area contributed by atoms with E-state index in [0.717, 1.165) is 18.5 Å². The first-order valence-corrected chi connectivity index (χ1v) is 9.90. The van der Waals surface area contributed by atoms with Crippen LogP contribution in [0.15, 0.2) is 55.0 Å². The molecule has 0 bridgehead atoms. The zero-order valence-electron chi connectivity index (χ0n) is 16.6. The lowest BCUT2D eigenvalue weighted by atomic mass is 10.0. The molecular weight excluding hydrogens is 382 g/mol. The Morgan fingerprint density at radius 1 is 1.27 bits per heavy atom. The van der Waals surface area contributed by atoms with Gasteiger partial charge in [0.25, 0.3) is 0 Å². The molecule has 2 aliphatic rings. The van der Waals surface area contributed by atoms with Crippen molar-refractivity contribution in [3.8, 4) is 5.88 Å². The van der Waals surface area contributed by atoms with Crippen molar-refractivity contribution in [2.75, 3.05) is 30.4 Å². The Morgan fingerprint density at radius 2 is 2.03 bits per heavy atom. The van der Waals surface area contributed by atoms with Gasteiger partial charge in [0.2, 0.25) is 5.88 Å². The quantitative estimate of drug-likeness (QED) is 0.651. The lowest BCUT2D eigenvalue weighted by Gasteiger charge is -2.29. The van der Waals surface area contributed by atoms with Gasteiger partial charge in [-0.05, 0) is 24.3 Å². The first kappa shape index (κ1) is 20.1. The molecule has 8 nitrogen and oxygen atoms in total. The van der Waals surface area contributed by atoms with E-state index in [1.54, 1.807) is 42.7 Å². The summed E-state index contributed by atoms with van der Waals surface area (Å²) in [5, 5.41) is 18.8. The lowest BCUT2D eigenvalue weighted by molar-refractivity contribution is 0.0237. The minimum absolute atomic E-state index is 0.0162. The smallest absolute Gasteiger partial charge is 0.225 e. The van der Waals surface area contributed by atoms with Crippen LogP contribution in [0.4, 0.5) is 11.5 Å². The largest absolute Gasteiger partial charge is 0.474 e. The van der Waals surface area contributed by atoms with Crippen LogP contribution >= 0.6 is 0 Å². The highest BCUT2D eigenvalue weighted by Crippen LogP contribution is 2.29. The molecule has 4 heterocycles. The number of allylic oxidation sites excluding steroid dienone is 1. The van der Waals surface area contributed by atoms with Crippen molar-refractivity contribution in [3.63, 3.8) is 0 Å². The van der Waals surface area contributed by atoms with Gasteiger partial charge in [0.05, 0.1) is 37.1 Å². The number of hydrogen-bond acceptors (Lipinski definition) is 8. The molecule has 0 aliphatic carbocycles. The maximum absolute atomic E-state index is 9.95. The number of anilines is 2. The van der Waals surface area contributed by atoms with Gasteiger partial charge in [-0.1, -0.05) is 12.7 Å². The number of hydrogen-bond donors (Lipinski definition) is 3. The van der Waals surface area contributed by atoms with Crippen LogP contribution in [0.2, 0.25) is 0 Å². The van der Waals surface area contributed by atoms with Crippen LogP contribution in [-0.4, -0.2) is 52.8 Å². The minimum atomic E-state index is -0.603. The third-order valence-corrected chi connectivity index (χ3v) is 5.18. The summed E-state index contributed by atoms with van der Waals surface area (Å²) >= 11 is 0. The van der Waals surface area contributed by atoms with E-state index in [4.69, 9.17) is 20.6 Å². The molecule has 8 heteroatoms. The molecule has 4 N–H and O–H groups in total. The number of pyridine rings is 2. The normalized spacial score (nSPS) is 19.7. The van der Waals surface area contributed by atoms with Gasteiger partial charge in [-0.25, -0.2) is 9.97 Å². The van der Waals surface area contributed by atoms with E-state index in [-0.39, 0.29) is 11.8 Å². The van der Waals surface area contributed by atoms with Crippen molar-refractivity contribution in [3.05, 3.63) is 66.1 Å². The van der Waals surface area contributed by atoms with Gasteiger partial charge in [0, 0.05) is 42.2 Å². The molecule has 1 saturated heterocycles. The summed E-state index contributed by atoms with van der Waals surface area (Å²) < 4.78 is 11.5. The van der Waals surface area contributed by atoms with Gasteiger partial charge in [-0.15, -0.1) is 0 Å². The fourth-order valence-corrected chi connectivity index (χ4v) is 3.53. The maximum atomic E-state index is 9.95. The Bertz CT molecular complexity index is 984. The molecule has 2 aromatic heterocycles. The van der Waals surface area contributed by atoms with Gasteiger partial charge in [-0.3, -0.25) is 5.41 Å². The highest BCUT2D eigenvalue weighted by molar-refractivity contribution is 6.15. The molecule has 0 saturated carbocycles. The Morgan fingerprint density at radius 3 is 2.83 bits per heavy atom. The molecule has 2 aliphatic heterocycles. The molecule has 2 aromatic rings. The van der Waals surface area contributed by atoms with Crippen LogP contribution in [0.5, 0.6) is 5.88 Å². The summed E-state index contributed by atoms with van der Waals surface area (Å²) in [6.45, 7) is 5.65. The van der Waals surface area contributed by atoms with Crippen molar-refractivity contribution in [1.82, 2.24) is 9.97 Å². The lowest BCUT2D eigenvalue weighted by Crippen LogP contribution is -2.33. The molecular formula is C22H25N5O3. The minimum Gasteiger partial charge on any atom is -0.474 e. The number of nitrogens with two attached hydrogens (primary N) is 1. The average Bonchev–Trinajstić information content (AvgIpc) is 2.76. The average molecular weight is 407 g/mol. The van der Waals surface area contributed by atoms with Crippen LogP contribution < -0.4 is 15.4 Å². The van der Waals surface area contributed by atoms with Crippen LogP contribution in [-0.2, 0) is 4.74 Å². The van der Waals surface area contributed by atoms with Crippen molar-refractivity contribution in [1.29, 1.82) is 5.41 Å². The Labute approximate surface area is 175 Å². The summed E-state index contributed by atoms with van der Waals surface area (Å²) in [4.78, 5) is 10.6. The number of aliphatic hydroxyl groups is 1. The number of nitrogens with one attached hydrogen (secondary N) is 1. The molecule has 0 amide bonds. The molecule has 4 rings (SSSR count). The second-order valence-electron chi connectivity index (χ2n) is 7.32. The number of nitrogen functional groups attached to an aromatic ring is 1. The first-order chi connectivity index (χ1) is 14.5. The highest BCUT2D eigenvalue weighted by atomic mass is 16.5. The second kappa shape index (κ2) is 8.64. The van der Waals surface area contributed by atoms with Crippen LogP contribution in [0, 0.1) is 5.41 Å². The zero-order chi connectivity index (χ0) is 21.1. The summed E-state index contributed by atoms with van der Waals surface area (Å²) in [6.07, 6.45) is 7.60. The zero-order valence-corrected chi connectivity index (χ0v) is 16.6. The van der Waals surface area contributed by atoms with Gasteiger partial charge >= 0.3 is 0 Å². The molecule has 30 heavy (non-hydrogen) atoms. The van der Waals surface area contributed by atoms with Crippen LogP contribution in [0.1, 0.15) is 24.0 Å². The van der Waals surface area contributed by atoms with Crippen LogP contribution in [0.3, 0.4) is 0 Å². The number of aliphatic hydroxyl groups excluding tert-OH is 1. The monoisotopic (exact) mass is 407 g/mol. The molecule has 0 radical (unpaired) electrons. The van der Waals surface area contributed by atoms with Gasteiger partial charge < -0.3 is 25.2 Å². The molecule has 1 unspecified atom stereocenters. The number of β-amino-alcohol motifs (C(OH)–C–C–N with tert-alkyl or cyclic N) is 1. The third-order valence-electron chi connectivity index (χ3n) is 5.18. The predicted molar refractivity (Wildman–Crippen MR) is 115 cm³/mol. The van der Waals surface area contributed by atoms with E-state index in [1.807, 2.05) is 4.90 Å². The van der Waals surface area contributed by atoms with Crippen molar-refractivity contribution in [2.24, 2.45) is 0 Å². The van der Waals surface area contributed by atoms with E-state index in [0.29, 0.717) is 48.3 Å². The molecule has 156 valence electrons. The first-order valence-electron chi connectivity index (χ1n) is 9.90. The number of rotatable bonds is 5. The summed E-state index contributed by atoms with van der Waals surface area (Å²) in [5.74, 6) is 0.950. The van der Waals surface area contributed by atoms with E-state index in [2.05, 4.69) is 16.5 Å². The standard InChI is InChI=1S/C22H25N5O3/c1-14-2-3-16(28)13-27(14)19-12-15(4-8-25-19)21(24)20-18(23)5-9-26-22(20)30-17-6-10-29-11-7-17/h2-5,8-9,12,16-17,24,28H,1,6-7,10-11,13H2,(H2,23,26). The Balaban J connectivity index is 1.63. The molecule has 0 spiro atoms. The van der Waals surface area contributed by atoms with Gasteiger partial charge in [0.1, 0.15) is 11.9 Å². The van der Waals surface area contributed by atoms with Crippen molar-refractivity contribution in [2.45, 2.75) is 25.0 Å². The summed E-state index contributed by atoms with van der Waals surface area (Å²) in [6, 6.07) is 5.19. The Kier molecular flexibility index (Phi) is 5.78. The van der Waals surface area contributed by atoms with E-state index < -0.39 is 6.10 Å². The molecule has 1 atom stereocenters. The summed E-state index contributed by atoms with van der Waals surface area (Å²) in [5.41, 5.74) is 8.64. The highest BCUT2D eigenvalue weighted by Gasteiger charge is 2.23. The number of ether oxygens (including phenoxy) is 2. The summed E-state index contributed by atoms with van der Waals surface area (Å²) in [7, 11) is 0. The maximum Gasteiger partial charge on any atom is 0.225 e. The number of aromatic nitrogens is 2. The fraction of sp³-hybridized carbons (Fsp3) is 0.318. The second-order valence-corrected chi connectivity index (χ2v) is 7.32. The SMILES string of the molecule is C=C1C=CC(O)CN1c1cc(C(=N)c2c(N)ccnc2OC2CCOCC2)ccn1. The molecule has 1 fully saturated rings. The Hall–Kier alpha value is -3.23. The van der Waals surface area contributed by atoms with Gasteiger partial charge in [-0.2, -0.15) is 0 Å².